The molecule has 1 aliphatic rings. The zero-order valence-corrected chi connectivity index (χ0v) is 8.82. The van der Waals surface area contributed by atoms with Gasteiger partial charge >= 0.3 is 0 Å². The minimum atomic E-state index is 0.450. The zero-order chi connectivity index (χ0) is 10.8. The van der Waals surface area contributed by atoms with E-state index in [0.29, 0.717) is 17.4 Å². The summed E-state index contributed by atoms with van der Waals surface area (Å²) in [6.07, 6.45) is 3.16. The van der Waals surface area contributed by atoms with E-state index in [2.05, 4.69) is 16.5 Å². The predicted octanol–water partition coefficient (Wildman–Crippen LogP) is 0.168. The van der Waals surface area contributed by atoms with Gasteiger partial charge in [-0.2, -0.15) is 10.4 Å². The van der Waals surface area contributed by atoms with Crippen LogP contribution in [0.4, 0.5) is 5.82 Å². The Hall–Kier alpha value is -1.54. The number of rotatable bonds is 2. The van der Waals surface area contributed by atoms with Crippen LogP contribution in [-0.2, 0) is 13.5 Å². The molecule has 0 spiro atoms. The van der Waals surface area contributed by atoms with Crippen LogP contribution in [0.25, 0.3) is 0 Å². The van der Waals surface area contributed by atoms with E-state index >= 15 is 0 Å². The van der Waals surface area contributed by atoms with Crippen molar-refractivity contribution < 1.29 is 0 Å². The summed E-state index contributed by atoms with van der Waals surface area (Å²) >= 11 is 0. The van der Waals surface area contributed by atoms with Crippen molar-refractivity contribution in [1.82, 2.24) is 15.1 Å². The SMILES string of the molecule is Cn1nc(CC2CCCN2)c(C#N)c1N. The highest BCUT2D eigenvalue weighted by Crippen LogP contribution is 2.18. The van der Waals surface area contributed by atoms with E-state index in [-0.39, 0.29) is 0 Å². The number of anilines is 1. The molecule has 1 aromatic rings. The lowest BCUT2D eigenvalue weighted by molar-refractivity contribution is 0.587. The molecule has 1 saturated heterocycles. The minimum Gasteiger partial charge on any atom is -0.383 e. The summed E-state index contributed by atoms with van der Waals surface area (Å²) < 4.78 is 1.57. The molecule has 0 aliphatic carbocycles. The molecule has 2 heterocycles. The predicted molar refractivity (Wildman–Crippen MR) is 57.1 cm³/mol. The van der Waals surface area contributed by atoms with Crippen molar-refractivity contribution >= 4 is 5.82 Å². The van der Waals surface area contributed by atoms with E-state index in [9.17, 15) is 0 Å². The molecule has 2 rings (SSSR count). The highest BCUT2D eigenvalue weighted by atomic mass is 15.3. The van der Waals surface area contributed by atoms with Gasteiger partial charge in [0, 0.05) is 19.5 Å². The summed E-state index contributed by atoms with van der Waals surface area (Å²) in [6, 6.07) is 2.57. The second-order valence-corrected chi connectivity index (χ2v) is 3.94. The Kier molecular flexibility index (Phi) is 2.60. The van der Waals surface area contributed by atoms with Gasteiger partial charge < -0.3 is 11.1 Å². The molecule has 0 bridgehead atoms. The monoisotopic (exact) mass is 205 g/mol. The van der Waals surface area contributed by atoms with E-state index in [1.807, 2.05) is 0 Å². The van der Waals surface area contributed by atoms with Crippen LogP contribution in [-0.4, -0.2) is 22.4 Å². The molecule has 0 amide bonds. The van der Waals surface area contributed by atoms with Crippen molar-refractivity contribution in [2.24, 2.45) is 7.05 Å². The fraction of sp³-hybridized carbons (Fsp3) is 0.600. The van der Waals surface area contributed by atoms with Crippen LogP contribution in [0.1, 0.15) is 24.1 Å². The first-order chi connectivity index (χ1) is 7.22. The number of aryl methyl sites for hydroxylation is 1. The molecular formula is C10H15N5. The Balaban J connectivity index is 2.20. The molecular weight excluding hydrogens is 190 g/mol. The van der Waals surface area contributed by atoms with Gasteiger partial charge in [0.2, 0.25) is 0 Å². The fourth-order valence-corrected chi connectivity index (χ4v) is 2.02. The number of nitrogens with two attached hydrogens (primary N) is 1. The van der Waals surface area contributed by atoms with E-state index < -0.39 is 0 Å². The van der Waals surface area contributed by atoms with Gasteiger partial charge in [-0.05, 0) is 19.4 Å². The van der Waals surface area contributed by atoms with Crippen LogP contribution in [0.3, 0.4) is 0 Å². The molecule has 3 N–H and O–H groups in total. The molecule has 0 saturated carbocycles. The standard InChI is InChI=1S/C10H15N5/c1-15-10(12)8(6-11)9(14-15)5-7-3-2-4-13-7/h7,13H,2-5,12H2,1H3. The van der Waals surface area contributed by atoms with E-state index in [1.54, 1.807) is 11.7 Å². The lowest BCUT2D eigenvalue weighted by Gasteiger charge is -2.06. The molecule has 5 nitrogen and oxygen atoms in total. The van der Waals surface area contributed by atoms with Gasteiger partial charge in [0.15, 0.2) is 0 Å². The molecule has 80 valence electrons. The number of nitrogen functional groups attached to an aromatic ring is 1. The second kappa shape index (κ2) is 3.91. The Bertz CT molecular complexity index is 395. The van der Waals surface area contributed by atoms with Crippen LogP contribution in [0.15, 0.2) is 0 Å². The molecule has 1 aromatic heterocycles. The van der Waals surface area contributed by atoms with Crippen LogP contribution < -0.4 is 11.1 Å². The Morgan fingerprint density at radius 3 is 3.13 bits per heavy atom. The topological polar surface area (TPSA) is 79.7 Å². The average Bonchev–Trinajstić information content (AvgIpc) is 2.78. The highest BCUT2D eigenvalue weighted by Gasteiger charge is 2.20. The van der Waals surface area contributed by atoms with Gasteiger partial charge in [0.05, 0.1) is 5.69 Å². The minimum absolute atomic E-state index is 0.450. The average molecular weight is 205 g/mol. The summed E-state index contributed by atoms with van der Waals surface area (Å²) in [5, 5.41) is 16.6. The second-order valence-electron chi connectivity index (χ2n) is 3.94. The van der Waals surface area contributed by atoms with E-state index in [1.165, 1.54) is 6.42 Å². The number of hydrogen-bond donors (Lipinski definition) is 2. The van der Waals surface area contributed by atoms with Crippen LogP contribution in [0.2, 0.25) is 0 Å². The van der Waals surface area contributed by atoms with Crippen molar-refractivity contribution in [3.05, 3.63) is 11.3 Å². The first-order valence-electron chi connectivity index (χ1n) is 5.17. The lowest BCUT2D eigenvalue weighted by atomic mass is 10.1. The number of hydrogen-bond acceptors (Lipinski definition) is 4. The summed E-state index contributed by atoms with van der Waals surface area (Å²) in [5.41, 5.74) is 7.10. The molecule has 1 atom stereocenters. The number of nitriles is 1. The van der Waals surface area contributed by atoms with Gasteiger partial charge in [-0.15, -0.1) is 0 Å². The van der Waals surface area contributed by atoms with Crippen LogP contribution in [0.5, 0.6) is 0 Å². The molecule has 15 heavy (non-hydrogen) atoms. The van der Waals surface area contributed by atoms with Crippen molar-refractivity contribution in [2.45, 2.75) is 25.3 Å². The third kappa shape index (κ3) is 1.81. The van der Waals surface area contributed by atoms with Crippen molar-refractivity contribution in [2.75, 3.05) is 12.3 Å². The van der Waals surface area contributed by atoms with E-state index in [0.717, 1.165) is 25.1 Å². The van der Waals surface area contributed by atoms with Gasteiger partial charge in [-0.1, -0.05) is 0 Å². The largest absolute Gasteiger partial charge is 0.383 e. The molecule has 0 aromatic carbocycles. The van der Waals surface area contributed by atoms with Crippen LogP contribution >= 0.6 is 0 Å². The smallest absolute Gasteiger partial charge is 0.139 e. The van der Waals surface area contributed by atoms with Crippen molar-refractivity contribution in [3.8, 4) is 6.07 Å². The molecule has 1 fully saturated rings. The Morgan fingerprint density at radius 2 is 2.53 bits per heavy atom. The highest BCUT2D eigenvalue weighted by molar-refractivity contribution is 5.52. The number of nitrogens with zero attached hydrogens (tertiary/aromatic N) is 3. The molecule has 0 radical (unpaired) electrons. The van der Waals surface area contributed by atoms with Crippen LogP contribution in [0, 0.1) is 11.3 Å². The summed E-state index contributed by atoms with van der Waals surface area (Å²) in [4.78, 5) is 0. The maximum atomic E-state index is 8.98. The van der Waals surface area contributed by atoms with Gasteiger partial charge in [0.25, 0.3) is 0 Å². The summed E-state index contributed by atoms with van der Waals surface area (Å²) in [5.74, 6) is 0.463. The molecule has 5 heteroatoms. The fourth-order valence-electron chi connectivity index (χ4n) is 2.02. The summed E-state index contributed by atoms with van der Waals surface area (Å²) in [6.45, 7) is 1.06. The Labute approximate surface area is 88.9 Å². The Morgan fingerprint density at radius 1 is 1.73 bits per heavy atom. The van der Waals surface area contributed by atoms with Gasteiger partial charge in [0.1, 0.15) is 17.5 Å². The van der Waals surface area contributed by atoms with E-state index in [4.69, 9.17) is 11.0 Å². The third-order valence-corrected chi connectivity index (χ3v) is 2.88. The number of nitrogens with one attached hydrogen (secondary N) is 1. The third-order valence-electron chi connectivity index (χ3n) is 2.88. The normalized spacial score (nSPS) is 20.4. The maximum Gasteiger partial charge on any atom is 0.139 e. The van der Waals surface area contributed by atoms with Crippen molar-refractivity contribution in [1.29, 1.82) is 5.26 Å². The maximum absolute atomic E-state index is 8.98. The first-order valence-corrected chi connectivity index (χ1v) is 5.17. The molecule has 1 aliphatic heterocycles. The first kappa shape index (κ1) is 9.99. The molecule has 1 unspecified atom stereocenters. The summed E-state index contributed by atoms with van der Waals surface area (Å²) in [7, 11) is 1.77. The van der Waals surface area contributed by atoms with Gasteiger partial charge in [-0.25, -0.2) is 0 Å². The lowest BCUT2D eigenvalue weighted by Crippen LogP contribution is -2.24. The zero-order valence-electron chi connectivity index (χ0n) is 8.82. The van der Waals surface area contributed by atoms with Crippen molar-refractivity contribution in [3.63, 3.8) is 0 Å². The van der Waals surface area contributed by atoms with Gasteiger partial charge in [-0.3, -0.25) is 4.68 Å². The number of aromatic nitrogens is 2. The quantitative estimate of drug-likeness (QED) is 0.721.